The van der Waals surface area contributed by atoms with Crippen molar-refractivity contribution in [3.8, 4) is 0 Å². The Morgan fingerprint density at radius 1 is 1.25 bits per heavy atom. The lowest BCUT2D eigenvalue weighted by atomic mass is 10.1. The minimum Gasteiger partial charge on any atom is -0.371 e. The molecule has 1 aromatic heterocycles. The number of anilines is 1. The zero-order chi connectivity index (χ0) is 11.6. The third kappa shape index (κ3) is 2.49. The molecule has 2 heterocycles. The SMILES string of the molecule is O=S(=O)(F)C1CCN(c2ccncc2)CC1. The second kappa shape index (κ2) is 4.37. The number of piperidine rings is 1. The summed E-state index contributed by atoms with van der Waals surface area (Å²) < 4.78 is 34.2. The molecule has 0 unspecified atom stereocenters. The Morgan fingerprint density at radius 2 is 1.81 bits per heavy atom. The quantitative estimate of drug-likeness (QED) is 0.737. The van der Waals surface area contributed by atoms with Crippen LogP contribution < -0.4 is 4.90 Å². The minimum atomic E-state index is -4.37. The molecule has 0 radical (unpaired) electrons. The molecule has 2 rings (SSSR count). The van der Waals surface area contributed by atoms with Crippen molar-refractivity contribution >= 4 is 15.9 Å². The molecule has 0 spiro atoms. The number of aromatic nitrogens is 1. The van der Waals surface area contributed by atoms with Gasteiger partial charge in [-0.25, -0.2) is 0 Å². The van der Waals surface area contributed by atoms with E-state index in [0.29, 0.717) is 25.9 Å². The van der Waals surface area contributed by atoms with Crippen LogP contribution in [-0.4, -0.2) is 31.7 Å². The Hall–Kier alpha value is -1.17. The lowest BCUT2D eigenvalue weighted by molar-refractivity contribution is 0.496. The summed E-state index contributed by atoms with van der Waals surface area (Å²) in [4.78, 5) is 5.96. The molecule has 88 valence electrons. The molecule has 1 aliphatic rings. The topological polar surface area (TPSA) is 50.3 Å². The van der Waals surface area contributed by atoms with Gasteiger partial charge in [-0.3, -0.25) is 4.98 Å². The van der Waals surface area contributed by atoms with E-state index >= 15 is 0 Å². The number of rotatable bonds is 2. The maximum atomic E-state index is 12.7. The monoisotopic (exact) mass is 244 g/mol. The number of halogens is 1. The molecule has 1 aliphatic heterocycles. The number of hydrogen-bond acceptors (Lipinski definition) is 4. The van der Waals surface area contributed by atoms with E-state index in [1.807, 2.05) is 17.0 Å². The Labute approximate surface area is 94.3 Å². The molecule has 0 aliphatic carbocycles. The van der Waals surface area contributed by atoms with E-state index in [1.54, 1.807) is 12.4 Å². The van der Waals surface area contributed by atoms with Crippen molar-refractivity contribution in [1.82, 2.24) is 4.98 Å². The van der Waals surface area contributed by atoms with Gasteiger partial charge in [-0.2, -0.15) is 8.42 Å². The minimum absolute atomic E-state index is 0.348. The maximum absolute atomic E-state index is 12.7. The van der Waals surface area contributed by atoms with Gasteiger partial charge in [-0.15, -0.1) is 3.89 Å². The van der Waals surface area contributed by atoms with Crippen molar-refractivity contribution in [2.45, 2.75) is 18.1 Å². The fourth-order valence-electron chi connectivity index (χ4n) is 1.95. The maximum Gasteiger partial charge on any atom is 0.305 e. The van der Waals surface area contributed by atoms with Gasteiger partial charge in [0, 0.05) is 31.2 Å². The third-order valence-electron chi connectivity index (χ3n) is 2.87. The van der Waals surface area contributed by atoms with Gasteiger partial charge in [0.25, 0.3) is 0 Å². The molecule has 0 saturated carbocycles. The van der Waals surface area contributed by atoms with Crippen LogP contribution in [0.15, 0.2) is 24.5 Å². The van der Waals surface area contributed by atoms with E-state index in [-0.39, 0.29) is 0 Å². The van der Waals surface area contributed by atoms with E-state index in [2.05, 4.69) is 4.98 Å². The van der Waals surface area contributed by atoms with Crippen LogP contribution >= 0.6 is 0 Å². The second-order valence-electron chi connectivity index (χ2n) is 3.87. The summed E-state index contributed by atoms with van der Waals surface area (Å²) in [6, 6.07) is 3.73. The summed E-state index contributed by atoms with van der Waals surface area (Å²) in [5.74, 6) is 0. The van der Waals surface area contributed by atoms with Crippen molar-refractivity contribution in [1.29, 1.82) is 0 Å². The van der Waals surface area contributed by atoms with Gasteiger partial charge in [-0.05, 0) is 25.0 Å². The van der Waals surface area contributed by atoms with Crippen molar-refractivity contribution in [3.63, 3.8) is 0 Å². The average molecular weight is 244 g/mol. The lowest BCUT2D eigenvalue weighted by Gasteiger charge is -2.31. The normalized spacial score (nSPS) is 18.7. The van der Waals surface area contributed by atoms with Crippen molar-refractivity contribution in [3.05, 3.63) is 24.5 Å². The zero-order valence-corrected chi connectivity index (χ0v) is 9.53. The van der Waals surface area contributed by atoms with Crippen LogP contribution in [0.25, 0.3) is 0 Å². The van der Waals surface area contributed by atoms with Gasteiger partial charge in [-0.1, -0.05) is 0 Å². The van der Waals surface area contributed by atoms with Crippen LogP contribution in [0.2, 0.25) is 0 Å². The Morgan fingerprint density at radius 3 is 2.31 bits per heavy atom. The smallest absolute Gasteiger partial charge is 0.305 e. The summed E-state index contributed by atoms with van der Waals surface area (Å²) in [5, 5.41) is -0.828. The fraction of sp³-hybridized carbons (Fsp3) is 0.500. The van der Waals surface area contributed by atoms with Gasteiger partial charge < -0.3 is 4.90 Å². The first kappa shape index (κ1) is 11.3. The summed E-state index contributed by atoms with van der Waals surface area (Å²) in [5.41, 5.74) is 1.00. The highest BCUT2D eigenvalue weighted by Crippen LogP contribution is 2.23. The first-order valence-electron chi connectivity index (χ1n) is 5.16. The Balaban J connectivity index is 2.01. The molecule has 0 amide bonds. The van der Waals surface area contributed by atoms with Gasteiger partial charge in [0.05, 0.1) is 5.25 Å². The highest BCUT2D eigenvalue weighted by atomic mass is 32.3. The molecule has 0 N–H and O–H groups in total. The molecule has 1 aromatic rings. The van der Waals surface area contributed by atoms with Gasteiger partial charge in [0.15, 0.2) is 0 Å². The van der Waals surface area contributed by atoms with Gasteiger partial charge in [0.2, 0.25) is 0 Å². The predicted molar refractivity (Wildman–Crippen MR) is 59.5 cm³/mol. The molecule has 6 heteroatoms. The van der Waals surface area contributed by atoms with Gasteiger partial charge in [0.1, 0.15) is 0 Å². The van der Waals surface area contributed by atoms with Crippen molar-refractivity contribution < 1.29 is 12.3 Å². The second-order valence-corrected chi connectivity index (χ2v) is 5.49. The molecule has 16 heavy (non-hydrogen) atoms. The van der Waals surface area contributed by atoms with Crippen LogP contribution in [0.4, 0.5) is 9.57 Å². The first-order chi connectivity index (χ1) is 7.57. The molecule has 0 aromatic carbocycles. The molecule has 1 fully saturated rings. The summed E-state index contributed by atoms with van der Waals surface area (Å²) in [7, 11) is -4.37. The molecule has 1 saturated heterocycles. The standard InChI is InChI=1S/C10H13FN2O2S/c11-16(14,15)10-3-7-13(8-4-10)9-1-5-12-6-2-9/h1-2,5-6,10H,3-4,7-8H2. The average Bonchev–Trinajstić information content (AvgIpc) is 2.29. The molecule has 4 nitrogen and oxygen atoms in total. The van der Waals surface area contributed by atoms with Crippen LogP contribution in [0, 0.1) is 0 Å². The highest BCUT2D eigenvalue weighted by molar-refractivity contribution is 7.87. The van der Waals surface area contributed by atoms with Gasteiger partial charge >= 0.3 is 10.2 Å². The Bertz CT molecular complexity index is 441. The van der Waals surface area contributed by atoms with E-state index in [1.165, 1.54) is 0 Å². The number of hydrogen-bond donors (Lipinski definition) is 0. The fourth-order valence-corrected chi connectivity index (χ4v) is 2.72. The van der Waals surface area contributed by atoms with E-state index in [4.69, 9.17) is 0 Å². The molecule has 0 atom stereocenters. The Kier molecular flexibility index (Phi) is 3.09. The van der Waals surface area contributed by atoms with E-state index in [9.17, 15) is 12.3 Å². The lowest BCUT2D eigenvalue weighted by Crippen LogP contribution is -2.38. The zero-order valence-electron chi connectivity index (χ0n) is 8.71. The third-order valence-corrected chi connectivity index (χ3v) is 4.14. The largest absolute Gasteiger partial charge is 0.371 e. The van der Waals surface area contributed by atoms with Crippen LogP contribution in [0.1, 0.15) is 12.8 Å². The predicted octanol–water partition coefficient (Wildman–Crippen LogP) is 1.35. The summed E-state index contributed by atoms with van der Waals surface area (Å²) in [6.07, 6.45) is 4.07. The number of pyridine rings is 1. The van der Waals surface area contributed by atoms with Crippen LogP contribution in [0.3, 0.4) is 0 Å². The first-order valence-corrected chi connectivity index (χ1v) is 6.60. The molecule has 0 bridgehead atoms. The van der Waals surface area contributed by atoms with E-state index < -0.39 is 15.5 Å². The summed E-state index contributed by atoms with van der Waals surface area (Å²) >= 11 is 0. The highest BCUT2D eigenvalue weighted by Gasteiger charge is 2.29. The van der Waals surface area contributed by atoms with Crippen molar-refractivity contribution in [2.75, 3.05) is 18.0 Å². The van der Waals surface area contributed by atoms with E-state index in [0.717, 1.165) is 5.69 Å². The van der Waals surface area contributed by atoms with Crippen LogP contribution in [0.5, 0.6) is 0 Å². The van der Waals surface area contributed by atoms with Crippen molar-refractivity contribution in [2.24, 2.45) is 0 Å². The molecular weight excluding hydrogens is 231 g/mol. The molecular formula is C10H13FN2O2S. The van der Waals surface area contributed by atoms with Crippen LogP contribution in [-0.2, 0) is 10.2 Å². The summed E-state index contributed by atoms with van der Waals surface area (Å²) in [6.45, 7) is 1.13. The number of nitrogens with zero attached hydrogens (tertiary/aromatic N) is 2.